The minimum Gasteiger partial charge on any atom is -0.247 e. The molecule has 1 aromatic carbocycles. The average molecular weight is 374 g/mol. The maximum Gasteiger partial charge on any atom is 0.373 e. The molecule has 0 amide bonds. The molecule has 8 heteroatoms. The van der Waals surface area contributed by atoms with Crippen molar-refractivity contribution in [3.05, 3.63) is 35.4 Å². The van der Waals surface area contributed by atoms with Gasteiger partial charge in [0.15, 0.2) is 0 Å². The van der Waals surface area contributed by atoms with E-state index in [2.05, 4.69) is 9.78 Å². The maximum atomic E-state index is 11.5. The van der Waals surface area contributed by atoms with Crippen molar-refractivity contribution in [1.29, 1.82) is 0 Å². The van der Waals surface area contributed by atoms with Crippen molar-refractivity contribution in [2.75, 3.05) is 0 Å². The van der Waals surface area contributed by atoms with E-state index in [0.717, 1.165) is 0 Å². The zero-order valence-corrected chi connectivity index (χ0v) is 14.0. The molecule has 116 valence electrons. The van der Waals surface area contributed by atoms with Gasteiger partial charge in [-0.1, -0.05) is 66.0 Å². The van der Waals surface area contributed by atoms with Gasteiger partial charge >= 0.3 is 11.9 Å². The summed E-state index contributed by atoms with van der Waals surface area (Å²) in [6.07, 6.45) is 0.281. The Balaban J connectivity index is 2.50. The Kier molecular flexibility index (Phi) is 7.07. The number of alkyl halides is 4. The molecule has 0 aromatic heterocycles. The summed E-state index contributed by atoms with van der Waals surface area (Å²) < 4.78 is -1.52. The van der Waals surface area contributed by atoms with E-state index in [1.807, 2.05) is 0 Å². The fourth-order valence-electron chi connectivity index (χ4n) is 1.31. The Labute approximate surface area is 142 Å². The third-order valence-corrected chi connectivity index (χ3v) is 3.60. The van der Waals surface area contributed by atoms with Gasteiger partial charge in [-0.25, -0.2) is 19.4 Å². The molecule has 0 N–H and O–H groups in total. The van der Waals surface area contributed by atoms with Crippen LogP contribution in [0.5, 0.6) is 0 Å². The fourth-order valence-corrected chi connectivity index (χ4v) is 1.73. The van der Waals surface area contributed by atoms with E-state index in [1.54, 1.807) is 31.2 Å². The molecule has 0 heterocycles. The van der Waals surface area contributed by atoms with Gasteiger partial charge in [-0.3, -0.25) is 0 Å². The molecule has 0 spiro atoms. The molecule has 0 aliphatic rings. The standard InChI is InChI=1S/C13H12Cl4O4/c1-2-10(14)12(19)21-20-11(18)7-8-3-5-9(6-4-8)13(15,16)17/h3-6,10H,2,7H2,1H3. The highest BCUT2D eigenvalue weighted by Crippen LogP contribution is 2.37. The quantitative estimate of drug-likeness (QED) is 0.453. The van der Waals surface area contributed by atoms with Gasteiger partial charge in [-0.15, -0.1) is 11.6 Å². The predicted octanol–water partition coefficient (Wildman–Crippen LogP) is 4.07. The summed E-state index contributed by atoms with van der Waals surface area (Å²) in [7, 11) is 0. The molecule has 0 radical (unpaired) electrons. The maximum absolute atomic E-state index is 11.5. The highest BCUT2D eigenvalue weighted by molar-refractivity contribution is 6.66. The summed E-state index contributed by atoms with van der Waals surface area (Å²) in [5.74, 6) is -1.54. The molecule has 0 saturated heterocycles. The Morgan fingerprint density at radius 1 is 1.14 bits per heavy atom. The summed E-state index contributed by atoms with van der Waals surface area (Å²) in [4.78, 5) is 31.4. The molecule has 1 aromatic rings. The van der Waals surface area contributed by atoms with Crippen LogP contribution in [-0.2, 0) is 29.6 Å². The Morgan fingerprint density at radius 3 is 2.19 bits per heavy atom. The molecule has 21 heavy (non-hydrogen) atoms. The largest absolute Gasteiger partial charge is 0.373 e. The van der Waals surface area contributed by atoms with Crippen LogP contribution >= 0.6 is 46.4 Å². The lowest BCUT2D eigenvalue weighted by molar-refractivity contribution is -0.258. The number of carbonyl (C=O) groups excluding carboxylic acids is 2. The van der Waals surface area contributed by atoms with E-state index in [0.29, 0.717) is 17.5 Å². The van der Waals surface area contributed by atoms with Gasteiger partial charge in [0, 0.05) is 5.56 Å². The van der Waals surface area contributed by atoms with E-state index in [1.165, 1.54) is 0 Å². The van der Waals surface area contributed by atoms with Crippen LogP contribution in [0.4, 0.5) is 0 Å². The number of hydrogen-bond acceptors (Lipinski definition) is 4. The summed E-state index contributed by atoms with van der Waals surface area (Å²) in [6.45, 7) is 1.70. The second kappa shape index (κ2) is 8.08. The van der Waals surface area contributed by atoms with E-state index < -0.39 is 21.1 Å². The highest BCUT2D eigenvalue weighted by atomic mass is 35.6. The highest BCUT2D eigenvalue weighted by Gasteiger charge is 2.22. The third-order valence-electron chi connectivity index (χ3n) is 2.46. The van der Waals surface area contributed by atoms with Crippen LogP contribution in [0.3, 0.4) is 0 Å². The monoisotopic (exact) mass is 372 g/mol. The van der Waals surface area contributed by atoms with Gasteiger partial charge < -0.3 is 0 Å². The topological polar surface area (TPSA) is 52.6 Å². The van der Waals surface area contributed by atoms with Crippen molar-refractivity contribution >= 4 is 58.3 Å². The van der Waals surface area contributed by atoms with Crippen molar-refractivity contribution in [3.8, 4) is 0 Å². The summed E-state index contributed by atoms with van der Waals surface area (Å²) >= 11 is 22.8. The predicted molar refractivity (Wildman–Crippen MR) is 81.5 cm³/mol. The van der Waals surface area contributed by atoms with Gasteiger partial charge in [0.1, 0.15) is 5.38 Å². The number of rotatable bonds is 4. The number of halogens is 4. The van der Waals surface area contributed by atoms with Gasteiger partial charge in [0.2, 0.25) is 3.79 Å². The third kappa shape index (κ3) is 6.30. The molecule has 1 unspecified atom stereocenters. The van der Waals surface area contributed by atoms with Crippen LogP contribution in [0.15, 0.2) is 24.3 Å². The molecular formula is C13H12Cl4O4. The van der Waals surface area contributed by atoms with E-state index in [9.17, 15) is 9.59 Å². The summed E-state index contributed by atoms with van der Waals surface area (Å²) in [5, 5.41) is -0.846. The smallest absolute Gasteiger partial charge is 0.247 e. The zero-order valence-electron chi connectivity index (χ0n) is 10.9. The molecule has 0 aliphatic carbocycles. The molecule has 0 fully saturated rings. The second-order valence-electron chi connectivity index (χ2n) is 4.10. The number of hydrogen-bond donors (Lipinski definition) is 0. The number of benzene rings is 1. The second-order valence-corrected chi connectivity index (χ2v) is 6.91. The van der Waals surface area contributed by atoms with Gasteiger partial charge in [0.05, 0.1) is 6.42 Å². The van der Waals surface area contributed by atoms with E-state index in [-0.39, 0.29) is 6.42 Å². The molecule has 1 atom stereocenters. The number of carbonyl (C=O) groups is 2. The van der Waals surface area contributed by atoms with Crippen LogP contribution in [0.25, 0.3) is 0 Å². The fraction of sp³-hybridized carbons (Fsp3) is 0.385. The molecule has 0 saturated carbocycles. The Hall–Kier alpha value is -0.680. The molecule has 1 rings (SSSR count). The minimum absolute atomic E-state index is 0.0908. The van der Waals surface area contributed by atoms with Crippen LogP contribution in [0.1, 0.15) is 24.5 Å². The summed E-state index contributed by atoms with van der Waals surface area (Å²) in [6, 6.07) is 6.37. The normalized spacial score (nSPS) is 12.6. The van der Waals surface area contributed by atoms with Crippen LogP contribution in [-0.4, -0.2) is 17.3 Å². The first kappa shape index (κ1) is 18.4. The van der Waals surface area contributed by atoms with Crippen molar-refractivity contribution < 1.29 is 19.4 Å². The minimum atomic E-state index is -1.52. The lowest BCUT2D eigenvalue weighted by Gasteiger charge is -2.11. The first-order valence-corrected chi connectivity index (χ1v) is 7.52. The van der Waals surface area contributed by atoms with Crippen LogP contribution < -0.4 is 0 Å². The van der Waals surface area contributed by atoms with E-state index >= 15 is 0 Å². The molecule has 4 nitrogen and oxygen atoms in total. The first-order valence-electron chi connectivity index (χ1n) is 5.95. The zero-order chi connectivity index (χ0) is 16.0. The van der Waals surface area contributed by atoms with Crippen LogP contribution in [0.2, 0.25) is 0 Å². The molecule has 0 bridgehead atoms. The van der Waals surface area contributed by atoms with Crippen molar-refractivity contribution in [1.82, 2.24) is 0 Å². The lowest BCUT2D eigenvalue weighted by atomic mass is 10.1. The summed E-state index contributed by atoms with van der Waals surface area (Å²) in [5.41, 5.74) is 1.09. The van der Waals surface area contributed by atoms with Crippen molar-refractivity contribution in [3.63, 3.8) is 0 Å². The molecule has 0 aliphatic heterocycles. The van der Waals surface area contributed by atoms with Crippen LogP contribution in [0, 0.1) is 0 Å². The van der Waals surface area contributed by atoms with Crippen molar-refractivity contribution in [2.45, 2.75) is 28.9 Å². The van der Waals surface area contributed by atoms with Gasteiger partial charge in [-0.2, -0.15) is 0 Å². The average Bonchev–Trinajstić information content (AvgIpc) is 2.43. The van der Waals surface area contributed by atoms with Gasteiger partial charge in [0.25, 0.3) is 0 Å². The van der Waals surface area contributed by atoms with E-state index in [4.69, 9.17) is 46.4 Å². The SMILES string of the molecule is CCC(Cl)C(=O)OOC(=O)Cc1ccc(C(Cl)(Cl)Cl)cc1. The first-order chi connectivity index (χ1) is 9.74. The lowest BCUT2D eigenvalue weighted by Crippen LogP contribution is -2.20. The van der Waals surface area contributed by atoms with Gasteiger partial charge in [-0.05, 0) is 12.0 Å². The Bertz CT molecular complexity index is 496. The molecular weight excluding hydrogens is 362 g/mol. The van der Waals surface area contributed by atoms with Crippen molar-refractivity contribution in [2.24, 2.45) is 0 Å². The Morgan fingerprint density at radius 2 is 1.71 bits per heavy atom.